The van der Waals surface area contributed by atoms with E-state index in [1.165, 1.54) is 6.92 Å². The predicted molar refractivity (Wildman–Crippen MR) is 68.3 cm³/mol. The van der Waals surface area contributed by atoms with E-state index in [0.717, 1.165) is 25.7 Å². The molecule has 96 valence electrons. The Kier molecular flexibility index (Phi) is 11.9. The Balaban J connectivity index is 0. The first-order chi connectivity index (χ1) is 7.45. The molecule has 0 radical (unpaired) electrons. The second-order valence-corrected chi connectivity index (χ2v) is 4.01. The molecule has 2 unspecified atom stereocenters. The van der Waals surface area contributed by atoms with E-state index >= 15 is 0 Å². The van der Waals surface area contributed by atoms with E-state index in [2.05, 4.69) is 0 Å². The topological polar surface area (TPSA) is 60.2 Å². The molecular weight excluding hydrogens is 202 g/mol. The number of nitrogens with two attached hydrogens (primary N) is 1. The molecule has 0 fully saturated rings. The van der Waals surface area contributed by atoms with Crippen LogP contribution >= 0.6 is 0 Å². The maximum absolute atomic E-state index is 10.9. The van der Waals surface area contributed by atoms with Gasteiger partial charge in [-0.05, 0) is 26.7 Å². The summed E-state index contributed by atoms with van der Waals surface area (Å²) in [5.41, 5.74) is 5.58. The van der Waals surface area contributed by atoms with E-state index in [4.69, 9.17) is 5.73 Å². The Bertz CT molecular complexity index is 180. The first-order valence-corrected chi connectivity index (χ1v) is 6.21. The second-order valence-electron chi connectivity index (χ2n) is 4.01. The highest BCUT2D eigenvalue weighted by Gasteiger charge is 2.09. The van der Waals surface area contributed by atoms with E-state index in [-0.39, 0.29) is 23.5 Å². The number of ketones is 2. The first-order valence-electron chi connectivity index (χ1n) is 6.21. The van der Waals surface area contributed by atoms with Crippen molar-refractivity contribution >= 4 is 11.6 Å². The molecule has 3 nitrogen and oxygen atoms in total. The fourth-order valence-electron chi connectivity index (χ4n) is 1.22. The smallest absolute Gasteiger partial charge is 0.146 e. The summed E-state index contributed by atoms with van der Waals surface area (Å²) in [7, 11) is 0. The average Bonchev–Trinajstić information content (AvgIpc) is 2.26. The highest BCUT2D eigenvalue weighted by molar-refractivity contribution is 5.81. The normalized spacial score (nSPS) is 13.4. The van der Waals surface area contributed by atoms with Gasteiger partial charge in [0.25, 0.3) is 0 Å². The third-order valence-corrected chi connectivity index (χ3v) is 2.62. The Morgan fingerprint density at radius 3 is 1.81 bits per heavy atom. The monoisotopic (exact) mass is 229 g/mol. The highest BCUT2D eigenvalue weighted by atomic mass is 16.1. The van der Waals surface area contributed by atoms with Gasteiger partial charge in [0.05, 0.1) is 6.04 Å². The van der Waals surface area contributed by atoms with Gasteiger partial charge in [-0.3, -0.25) is 9.59 Å². The second kappa shape index (κ2) is 10.8. The van der Waals surface area contributed by atoms with Crippen LogP contribution in [-0.2, 0) is 9.59 Å². The van der Waals surface area contributed by atoms with Crippen molar-refractivity contribution in [1.82, 2.24) is 0 Å². The van der Waals surface area contributed by atoms with Crippen LogP contribution in [0.2, 0.25) is 0 Å². The van der Waals surface area contributed by atoms with E-state index < -0.39 is 0 Å². The molecule has 0 spiro atoms. The lowest BCUT2D eigenvalue weighted by molar-refractivity contribution is -0.120. The summed E-state index contributed by atoms with van der Waals surface area (Å²) in [5, 5.41) is 0. The summed E-state index contributed by atoms with van der Waals surface area (Å²) in [4.78, 5) is 21.7. The van der Waals surface area contributed by atoms with E-state index in [1.54, 1.807) is 6.92 Å². The summed E-state index contributed by atoms with van der Waals surface area (Å²) in [5.74, 6) is 0.425. The molecular formula is C13H27NO2. The lowest BCUT2D eigenvalue weighted by Crippen LogP contribution is -2.27. The lowest BCUT2D eigenvalue weighted by atomic mass is 9.98. The molecule has 0 bridgehead atoms. The van der Waals surface area contributed by atoms with Crippen LogP contribution in [0.3, 0.4) is 0 Å². The minimum Gasteiger partial charge on any atom is -0.322 e. The van der Waals surface area contributed by atoms with Crippen LogP contribution in [0.5, 0.6) is 0 Å². The van der Waals surface area contributed by atoms with Crippen molar-refractivity contribution in [3.05, 3.63) is 0 Å². The molecule has 0 rings (SSSR count). The zero-order valence-electron chi connectivity index (χ0n) is 11.4. The van der Waals surface area contributed by atoms with Crippen molar-refractivity contribution in [2.24, 2.45) is 11.7 Å². The Labute approximate surface area is 99.8 Å². The van der Waals surface area contributed by atoms with Crippen molar-refractivity contribution in [2.75, 3.05) is 0 Å². The molecule has 0 aromatic rings. The summed E-state index contributed by atoms with van der Waals surface area (Å²) in [6.07, 6.45) is 3.54. The Hall–Kier alpha value is -0.700. The summed E-state index contributed by atoms with van der Waals surface area (Å²) in [6.45, 7) is 9.07. The summed E-state index contributed by atoms with van der Waals surface area (Å²) in [6, 6.07) is -0.317. The molecule has 0 aliphatic heterocycles. The van der Waals surface area contributed by atoms with Crippen LogP contribution in [-0.4, -0.2) is 17.6 Å². The summed E-state index contributed by atoms with van der Waals surface area (Å²) < 4.78 is 0. The van der Waals surface area contributed by atoms with Gasteiger partial charge in [-0.25, -0.2) is 0 Å². The van der Waals surface area contributed by atoms with Crippen LogP contribution in [0, 0.1) is 5.92 Å². The number of carbonyl (C=O) groups is 2. The third kappa shape index (κ3) is 9.84. The van der Waals surface area contributed by atoms with Gasteiger partial charge in [-0.2, -0.15) is 0 Å². The standard InChI is InChI=1S/C11H21NO2.C2H6/c1-8(9(2)13)6-4-5-7-11(12)10(3)14;1-2/h8,11H,4-7,12H2,1-3H3;1-2H3. The van der Waals surface area contributed by atoms with Gasteiger partial charge in [-0.15, -0.1) is 0 Å². The SMILES string of the molecule is CC.CC(=O)C(C)CCCCC(N)C(C)=O. The fraction of sp³-hybridized carbons (Fsp3) is 0.846. The molecule has 0 aliphatic carbocycles. The molecule has 2 N–H and O–H groups in total. The molecule has 0 saturated heterocycles. The van der Waals surface area contributed by atoms with Crippen molar-refractivity contribution in [3.63, 3.8) is 0 Å². The van der Waals surface area contributed by atoms with Crippen LogP contribution in [0.4, 0.5) is 0 Å². The van der Waals surface area contributed by atoms with Crippen molar-refractivity contribution in [1.29, 1.82) is 0 Å². The van der Waals surface area contributed by atoms with E-state index in [0.29, 0.717) is 0 Å². The molecule has 0 saturated carbocycles. The lowest BCUT2D eigenvalue weighted by Gasteiger charge is -2.09. The van der Waals surface area contributed by atoms with E-state index in [1.807, 2.05) is 20.8 Å². The number of hydrogen-bond acceptors (Lipinski definition) is 3. The van der Waals surface area contributed by atoms with Crippen LogP contribution in [0.25, 0.3) is 0 Å². The molecule has 0 aromatic carbocycles. The van der Waals surface area contributed by atoms with Gasteiger partial charge in [0.15, 0.2) is 0 Å². The molecule has 0 heterocycles. The van der Waals surface area contributed by atoms with Gasteiger partial charge < -0.3 is 5.73 Å². The average molecular weight is 229 g/mol. The molecule has 3 heteroatoms. The zero-order chi connectivity index (χ0) is 13.1. The van der Waals surface area contributed by atoms with Crippen molar-refractivity contribution in [2.45, 2.75) is 66.3 Å². The minimum atomic E-state index is -0.317. The van der Waals surface area contributed by atoms with E-state index in [9.17, 15) is 9.59 Å². The maximum Gasteiger partial charge on any atom is 0.146 e. The van der Waals surface area contributed by atoms with Crippen LogP contribution in [0.1, 0.15) is 60.3 Å². The fourth-order valence-corrected chi connectivity index (χ4v) is 1.22. The van der Waals surface area contributed by atoms with Crippen molar-refractivity contribution < 1.29 is 9.59 Å². The van der Waals surface area contributed by atoms with Gasteiger partial charge in [-0.1, -0.05) is 33.6 Å². The molecule has 0 amide bonds. The van der Waals surface area contributed by atoms with Crippen molar-refractivity contribution in [3.8, 4) is 0 Å². The van der Waals surface area contributed by atoms with Crippen LogP contribution < -0.4 is 5.73 Å². The number of Topliss-reactive ketones (excluding diaryl/α,β-unsaturated/α-hetero) is 2. The Morgan fingerprint density at radius 1 is 1.00 bits per heavy atom. The maximum atomic E-state index is 10.9. The molecule has 0 aliphatic rings. The first kappa shape index (κ1) is 17.7. The molecule has 16 heavy (non-hydrogen) atoms. The van der Waals surface area contributed by atoms with Gasteiger partial charge in [0.2, 0.25) is 0 Å². The highest BCUT2D eigenvalue weighted by Crippen LogP contribution is 2.11. The Morgan fingerprint density at radius 2 is 1.44 bits per heavy atom. The largest absolute Gasteiger partial charge is 0.322 e. The number of rotatable bonds is 7. The molecule has 0 aromatic heterocycles. The number of hydrogen-bond donors (Lipinski definition) is 1. The predicted octanol–water partition coefficient (Wildman–Crippen LogP) is 2.71. The zero-order valence-corrected chi connectivity index (χ0v) is 11.4. The van der Waals surface area contributed by atoms with Gasteiger partial charge in [0.1, 0.15) is 11.6 Å². The number of unbranched alkanes of at least 4 members (excludes halogenated alkanes) is 1. The van der Waals surface area contributed by atoms with Gasteiger partial charge in [0, 0.05) is 5.92 Å². The summed E-state index contributed by atoms with van der Waals surface area (Å²) >= 11 is 0. The van der Waals surface area contributed by atoms with Gasteiger partial charge >= 0.3 is 0 Å². The quantitative estimate of drug-likeness (QED) is 0.683. The minimum absolute atomic E-state index is 0.0459. The third-order valence-electron chi connectivity index (χ3n) is 2.62. The molecule has 2 atom stereocenters. The van der Waals surface area contributed by atoms with Crippen LogP contribution in [0.15, 0.2) is 0 Å². The number of carbonyl (C=O) groups excluding carboxylic acids is 2.